The SMILES string of the molecule is O=C(CSc1nc2sc3c(c2c(=O)[nH]1)CCC3)NCCCO. The van der Waals surface area contributed by atoms with Gasteiger partial charge in [0, 0.05) is 18.0 Å². The zero-order valence-electron chi connectivity index (χ0n) is 12.0. The van der Waals surface area contributed by atoms with Gasteiger partial charge >= 0.3 is 0 Å². The predicted octanol–water partition coefficient (Wildman–Crippen LogP) is 1.06. The Hall–Kier alpha value is -1.38. The number of thioether (sulfide) groups is 1. The lowest BCUT2D eigenvalue weighted by atomic mass is 10.2. The van der Waals surface area contributed by atoms with Crippen molar-refractivity contribution in [2.45, 2.75) is 30.8 Å². The molecule has 0 spiro atoms. The maximum Gasteiger partial charge on any atom is 0.260 e. The second-order valence-corrected chi connectivity index (χ2v) is 7.17. The summed E-state index contributed by atoms with van der Waals surface area (Å²) in [5.74, 6) is 0.0696. The molecular formula is C14H17N3O3S2. The number of aliphatic hydroxyl groups excluding tert-OH is 1. The Morgan fingerprint density at radius 1 is 1.45 bits per heavy atom. The average Bonchev–Trinajstić information content (AvgIpc) is 3.05. The number of hydrogen-bond acceptors (Lipinski definition) is 6. The van der Waals surface area contributed by atoms with E-state index in [4.69, 9.17) is 5.11 Å². The van der Waals surface area contributed by atoms with Crippen molar-refractivity contribution in [2.75, 3.05) is 18.9 Å². The van der Waals surface area contributed by atoms with Gasteiger partial charge in [-0.25, -0.2) is 4.98 Å². The highest BCUT2D eigenvalue weighted by Crippen LogP contribution is 2.34. The van der Waals surface area contributed by atoms with Gasteiger partial charge < -0.3 is 15.4 Å². The number of H-pyrrole nitrogens is 1. The summed E-state index contributed by atoms with van der Waals surface area (Å²) in [5.41, 5.74) is 1.06. The summed E-state index contributed by atoms with van der Waals surface area (Å²) in [7, 11) is 0. The fraction of sp³-hybridized carbons (Fsp3) is 0.500. The third-order valence-electron chi connectivity index (χ3n) is 3.55. The Balaban J connectivity index is 1.70. The number of aromatic amines is 1. The molecule has 0 unspecified atom stereocenters. The quantitative estimate of drug-likeness (QED) is 0.416. The van der Waals surface area contributed by atoms with Gasteiger partial charge in [0.2, 0.25) is 5.91 Å². The minimum Gasteiger partial charge on any atom is -0.396 e. The van der Waals surface area contributed by atoms with Crippen LogP contribution in [-0.4, -0.2) is 39.9 Å². The number of thiophene rings is 1. The molecule has 0 atom stereocenters. The van der Waals surface area contributed by atoms with E-state index >= 15 is 0 Å². The molecule has 8 heteroatoms. The van der Waals surface area contributed by atoms with Crippen LogP contribution in [-0.2, 0) is 17.6 Å². The van der Waals surface area contributed by atoms with E-state index in [0.717, 1.165) is 35.0 Å². The van der Waals surface area contributed by atoms with Crippen molar-refractivity contribution in [1.29, 1.82) is 0 Å². The van der Waals surface area contributed by atoms with Crippen LogP contribution in [0, 0.1) is 0 Å². The Morgan fingerprint density at radius 3 is 3.14 bits per heavy atom. The average molecular weight is 339 g/mol. The van der Waals surface area contributed by atoms with Gasteiger partial charge in [0.05, 0.1) is 11.1 Å². The molecule has 3 N–H and O–H groups in total. The van der Waals surface area contributed by atoms with Crippen LogP contribution in [0.15, 0.2) is 9.95 Å². The van der Waals surface area contributed by atoms with E-state index in [1.807, 2.05) is 0 Å². The van der Waals surface area contributed by atoms with Gasteiger partial charge in [-0.15, -0.1) is 11.3 Å². The number of hydrogen-bond donors (Lipinski definition) is 3. The van der Waals surface area contributed by atoms with Crippen LogP contribution < -0.4 is 10.9 Å². The lowest BCUT2D eigenvalue weighted by molar-refractivity contribution is -0.118. The highest BCUT2D eigenvalue weighted by atomic mass is 32.2. The molecule has 6 nitrogen and oxygen atoms in total. The Bertz CT molecular complexity index is 754. The number of rotatable bonds is 6. The van der Waals surface area contributed by atoms with Crippen LogP contribution in [0.3, 0.4) is 0 Å². The van der Waals surface area contributed by atoms with Crippen molar-refractivity contribution >= 4 is 39.2 Å². The maximum absolute atomic E-state index is 12.2. The standard InChI is InChI=1S/C14H17N3O3S2/c18-6-2-5-15-10(19)7-21-14-16-12(20)11-8-3-1-4-9(8)22-13(11)17-14/h18H,1-7H2,(H,15,19)(H,16,17,20). The number of carbonyl (C=O) groups excluding carboxylic acids is 1. The van der Waals surface area contributed by atoms with E-state index in [1.54, 1.807) is 11.3 Å². The molecule has 0 fully saturated rings. The van der Waals surface area contributed by atoms with E-state index in [9.17, 15) is 9.59 Å². The molecule has 118 valence electrons. The lowest BCUT2D eigenvalue weighted by Crippen LogP contribution is -2.26. The second-order valence-electron chi connectivity index (χ2n) is 5.12. The first kappa shape index (κ1) is 15.5. The minimum absolute atomic E-state index is 0.0575. The Kier molecular flexibility index (Phi) is 4.80. The third kappa shape index (κ3) is 3.18. The molecule has 1 aliphatic rings. The van der Waals surface area contributed by atoms with Crippen LogP contribution in [0.2, 0.25) is 0 Å². The first-order chi connectivity index (χ1) is 10.7. The number of aromatic nitrogens is 2. The smallest absolute Gasteiger partial charge is 0.260 e. The molecule has 0 aliphatic heterocycles. The van der Waals surface area contributed by atoms with Gasteiger partial charge in [0.15, 0.2) is 5.16 Å². The molecule has 2 aromatic heterocycles. The Morgan fingerprint density at radius 2 is 2.32 bits per heavy atom. The molecule has 0 radical (unpaired) electrons. The molecule has 1 aliphatic carbocycles. The number of nitrogens with zero attached hydrogens (tertiary/aromatic N) is 1. The number of amides is 1. The summed E-state index contributed by atoms with van der Waals surface area (Å²) in [4.78, 5) is 33.2. The van der Waals surface area contributed by atoms with Crippen LogP contribution in [0.1, 0.15) is 23.3 Å². The molecule has 0 bridgehead atoms. The molecular weight excluding hydrogens is 322 g/mol. The molecule has 0 saturated carbocycles. The number of aryl methyl sites for hydroxylation is 2. The minimum atomic E-state index is -0.130. The number of nitrogens with one attached hydrogen (secondary N) is 2. The van der Waals surface area contributed by atoms with E-state index in [0.29, 0.717) is 18.1 Å². The largest absolute Gasteiger partial charge is 0.396 e. The molecule has 2 aromatic rings. The monoisotopic (exact) mass is 339 g/mol. The lowest BCUT2D eigenvalue weighted by Gasteiger charge is -2.03. The summed E-state index contributed by atoms with van der Waals surface area (Å²) in [6, 6.07) is 0. The zero-order valence-corrected chi connectivity index (χ0v) is 13.6. The summed E-state index contributed by atoms with van der Waals surface area (Å²) in [6.07, 6.45) is 3.64. The van der Waals surface area contributed by atoms with Crippen LogP contribution in [0.25, 0.3) is 10.2 Å². The van der Waals surface area contributed by atoms with Crippen molar-refractivity contribution in [3.8, 4) is 0 Å². The fourth-order valence-electron chi connectivity index (χ4n) is 2.54. The first-order valence-electron chi connectivity index (χ1n) is 7.24. The molecule has 3 rings (SSSR count). The van der Waals surface area contributed by atoms with Crippen molar-refractivity contribution < 1.29 is 9.90 Å². The summed E-state index contributed by atoms with van der Waals surface area (Å²) in [6.45, 7) is 0.512. The van der Waals surface area contributed by atoms with Gasteiger partial charge in [0.1, 0.15) is 4.83 Å². The fourth-order valence-corrected chi connectivity index (χ4v) is 4.55. The van der Waals surface area contributed by atoms with Gasteiger partial charge in [-0.1, -0.05) is 11.8 Å². The predicted molar refractivity (Wildman–Crippen MR) is 87.7 cm³/mol. The molecule has 1 amide bonds. The molecule has 0 aromatic carbocycles. The maximum atomic E-state index is 12.2. The van der Waals surface area contributed by atoms with E-state index in [-0.39, 0.29) is 23.8 Å². The van der Waals surface area contributed by atoms with E-state index < -0.39 is 0 Å². The van der Waals surface area contributed by atoms with E-state index in [1.165, 1.54) is 16.6 Å². The molecule has 22 heavy (non-hydrogen) atoms. The van der Waals surface area contributed by atoms with E-state index in [2.05, 4.69) is 15.3 Å². The van der Waals surface area contributed by atoms with Crippen LogP contribution in [0.5, 0.6) is 0 Å². The highest BCUT2D eigenvalue weighted by Gasteiger charge is 2.21. The zero-order chi connectivity index (χ0) is 15.5. The van der Waals surface area contributed by atoms with Gasteiger partial charge in [-0.3, -0.25) is 9.59 Å². The topological polar surface area (TPSA) is 95.1 Å². The second kappa shape index (κ2) is 6.80. The highest BCUT2D eigenvalue weighted by molar-refractivity contribution is 7.99. The first-order valence-corrected chi connectivity index (χ1v) is 9.04. The normalized spacial score (nSPS) is 13.5. The Labute approximate surface area is 135 Å². The molecule has 2 heterocycles. The van der Waals surface area contributed by atoms with Gasteiger partial charge in [-0.2, -0.15) is 0 Å². The van der Waals surface area contributed by atoms with Crippen LogP contribution in [0.4, 0.5) is 0 Å². The summed E-state index contributed by atoms with van der Waals surface area (Å²) >= 11 is 2.81. The summed E-state index contributed by atoms with van der Waals surface area (Å²) < 4.78 is 0. The van der Waals surface area contributed by atoms with Crippen LogP contribution >= 0.6 is 23.1 Å². The van der Waals surface area contributed by atoms with Crippen molar-refractivity contribution in [1.82, 2.24) is 15.3 Å². The number of aliphatic hydroxyl groups is 1. The third-order valence-corrected chi connectivity index (χ3v) is 5.61. The van der Waals surface area contributed by atoms with Gasteiger partial charge in [-0.05, 0) is 31.2 Å². The van der Waals surface area contributed by atoms with Gasteiger partial charge in [0.25, 0.3) is 5.56 Å². The van der Waals surface area contributed by atoms with Crippen molar-refractivity contribution in [2.24, 2.45) is 0 Å². The van der Waals surface area contributed by atoms with Crippen molar-refractivity contribution in [3.63, 3.8) is 0 Å². The molecule has 0 saturated heterocycles. The number of fused-ring (bicyclic) bond motifs is 3. The number of carbonyl (C=O) groups is 1. The summed E-state index contributed by atoms with van der Waals surface area (Å²) in [5, 5.41) is 12.6. The van der Waals surface area contributed by atoms with Crippen molar-refractivity contribution in [3.05, 3.63) is 20.8 Å².